The van der Waals surface area contributed by atoms with E-state index in [2.05, 4.69) is 5.32 Å². The Morgan fingerprint density at radius 3 is 2.65 bits per heavy atom. The molecule has 0 fully saturated rings. The Bertz CT molecular complexity index is 505. The third-order valence-electron chi connectivity index (χ3n) is 2.71. The van der Waals surface area contributed by atoms with Crippen molar-refractivity contribution in [1.82, 2.24) is 5.32 Å². The molecule has 1 rings (SSSR count). The van der Waals surface area contributed by atoms with Crippen molar-refractivity contribution in [3.8, 4) is 5.75 Å². The minimum Gasteiger partial charge on any atom is -0.508 e. The Kier molecular flexibility index (Phi) is 5.42. The molecule has 0 aliphatic carbocycles. The first-order valence-electron chi connectivity index (χ1n) is 5.90. The number of nitrogens with one attached hydrogen (secondary N) is 1. The molecule has 110 valence electrons. The number of carbonyl (C=O) groups is 1. The quantitative estimate of drug-likeness (QED) is 0.436. The summed E-state index contributed by atoms with van der Waals surface area (Å²) in [5, 5.41) is 42.2. The zero-order valence-corrected chi connectivity index (χ0v) is 10.8. The van der Waals surface area contributed by atoms with Gasteiger partial charge in [0.05, 0.1) is 22.7 Å². The van der Waals surface area contributed by atoms with Crippen molar-refractivity contribution >= 4 is 11.6 Å². The second-order valence-corrected chi connectivity index (χ2v) is 4.28. The van der Waals surface area contributed by atoms with Crippen LogP contribution in [-0.2, 0) is 4.79 Å². The van der Waals surface area contributed by atoms with Gasteiger partial charge in [-0.25, -0.2) is 0 Å². The van der Waals surface area contributed by atoms with E-state index in [-0.39, 0.29) is 30.2 Å². The number of nitro groups is 1. The largest absolute Gasteiger partial charge is 0.508 e. The molecule has 0 saturated carbocycles. The van der Waals surface area contributed by atoms with E-state index in [0.717, 1.165) is 6.07 Å². The minimum atomic E-state index is -1.48. The van der Waals surface area contributed by atoms with Crippen LogP contribution in [0.2, 0.25) is 0 Å². The monoisotopic (exact) mass is 284 g/mol. The van der Waals surface area contributed by atoms with Gasteiger partial charge in [-0.1, -0.05) is 0 Å². The number of carbonyl (C=O) groups excluding carboxylic acids is 1. The molecule has 0 aliphatic rings. The summed E-state index contributed by atoms with van der Waals surface area (Å²) in [5.41, 5.74) is -0.570. The van der Waals surface area contributed by atoms with E-state index >= 15 is 0 Å². The second-order valence-electron chi connectivity index (χ2n) is 4.28. The number of amides is 1. The standard InChI is InChI=1S/C12H16N2O6/c1-7(15)13-5-4-11(17)12(18)9-3-2-8(16)6-10(9)14(19)20/h2-3,6,11-12,16-18H,4-5H2,1H3,(H,13,15). The molecule has 0 aliphatic heterocycles. The molecule has 0 radical (unpaired) electrons. The first kappa shape index (κ1) is 15.9. The van der Waals surface area contributed by atoms with Crippen LogP contribution in [0.4, 0.5) is 5.69 Å². The van der Waals surface area contributed by atoms with Crippen LogP contribution < -0.4 is 5.32 Å². The first-order valence-corrected chi connectivity index (χ1v) is 5.90. The topological polar surface area (TPSA) is 133 Å². The van der Waals surface area contributed by atoms with Gasteiger partial charge < -0.3 is 20.6 Å². The predicted octanol–water partition coefficient (Wildman–Crippen LogP) is 0.221. The van der Waals surface area contributed by atoms with Crippen molar-refractivity contribution in [2.24, 2.45) is 0 Å². The van der Waals surface area contributed by atoms with Gasteiger partial charge in [0.1, 0.15) is 11.9 Å². The zero-order valence-electron chi connectivity index (χ0n) is 10.8. The summed E-state index contributed by atoms with van der Waals surface area (Å²) < 4.78 is 0. The molecule has 0 heterocycles. The van der Waals surface area contributed by atoms with Crippen LogP contribution in [0.3, 0.4) is 0 Å². The van der Waals surface area contributed by atoms with Gasteiger partial charge >= 0.3 is 0 Å². The summed E-state index contributed by atoms with van der Waals surface area (Å²) >= 11 is 0. The van der Waals surface area contributed by atoms with Gasteiger partial charge in [0.2, 0.25) is 5.91 Å². The van der Waals surface area contributed by atoms with Gasteiger partial charge in [-0.05, 0) is 18.6 Å². The number of hydrogen-bond donors (Lipinski definition) is 4. The molecule has 0 saturated heterocycles. The highest BCUT2D eigenvalue weighted by atomic mass is 16.6. The molecule has 0 spiro atoms. The molecular weight excluding hydrogens is 268 g/mol. The molecular formula is C12H16N2O6. The normalized spacial score (nSPS) is 13.6. The highest BCUT2D eigenvalue weighted by molar-refractivity contribution is 5.72. The van der Waals surface area contributed by atoms with E-state index in [9.17, 15) is 30.2 Å². The second kappa shape index (κ2) is 6.83. The van der Waals surface area contributed by atoms with E-state index in [1.54, 1.807) is 0 Å². The minimum absolute atomic E-state index is 0.0405. The lowest BCUT2D eigenvalue weighted by Gasteiger charge is -2.18. The maximum atomic E-state index is 10.8. The Hall–Kier alpha value is -2.19. The predicted molar refractivity (Wildman–Crippen MR) is 69.0 cm³/mol. The van der Waals surface area contributed by atoms with E-state index in [4.69, 9.17) is 0 Å². The Balaban J connectivity index is 2.83. The molecule has 4 N–H and O–H groups in total. The van der Waals surface area contributed by atoms with Gasteiger partial charge in [0.15, 0.2) is 0 Å². The number of phenols is 1. The number of phenolic OH excluding ortho intramolecular Hbond substituents is 1. The van der Waals surface area contributed by atoms with Gasteiger partial charge in [0.25, 0.3) is 5.69 Å². The highest BCUT2D eigenvalue weighted by Crippen LogP contribution is 2.31. The number of rotatable bonds is 6. The lowest BCUT2D eigenvalue weighted by atomic mass is 10.00. The van der Waals surface area contributed by atoms with Gasteiger partial charge in [-0.15, -0.1) is 0 Å². The fraction of sp³-hybridized carbons (Fsp3) is 0.417. The molecule has 2 unspecified atom stereocenters. The number of hydrogen-bond acceptors (Lipinski definition) is 6. The summed E-state index contributed by atoms with van der Waals surface area (Å²) in [4.78, 5) is 20.8. The van der Waals surface area contributed by atoms with E-state index in [1.807, 2.05) is 0 Å². The highest BCUT2D eigenvalue weighted by Gasteiger charge is 2.26. The maximum absolute atomic E-state index is 10.8. The Morgan fingerprint density at radius 1 is 1.45 bits per heavy atom. The average molecular weight is 284 g/mol. The van der Waals surface area contributed by atoms with Gasteiger partial charge in [-0.2, -0.15) is 0 Å². The SMILES string of the molecule is CC(=O)NCCC(O)C(O)c1ccc(O)cc1[N+](=O)[O-]. The zero-order chi connectivity index (χ0) is 15.3. The summed E-state index contributed by atoms with van der Waals surface area (Å²) in [5.74, 6) is -0.581. The lowest BCUT2D eigenvalue weighted by molar-refractivity contribution is -0.386. The smallest absolute Gasteiger partial charge is 0.278 e. The number of benzene rings is 1. The van der Waals surface area contributed by atoms with E-state index in [1.165, 1.54) is 19.1 Å². The molecule has 1 aromatic carbocycles. The fourth-order valence-corrected chi connectivity index (χ4v) is 1.70. The van der Waals surface area contributed by atoms with Crippen molar-refractivity contribution in [3.63, 3.8) is 0 Å². The van der Waals surface area contributed by atoms with Crippen molar-refractivity contribution in [2.75, 3.05) is 6.54 Å². The number of nitrogens with zero attached hydrogens (tertiary/aromatic N) is 1. The Morgan fingerprint density at radius 2 is 2.10 bits per heavy atom. The maximum Gasteiger partial charge on any atom is 0.278 e. The average Bonchev–Trinajstić information content (AvgIpc) is 2.37. The number of aliphatic hydroxyl groups excluding tert-OH is 2. The summed E-state index contributed by atoms with van der Waals surface area (Å²) in [6.45, 7) is 1.45. The van der Waals surface area contributed by atoms with Crippen LogP contribution in [0, 0.1) is 10.1 Å². The van der Waals surface area contributed by atoms with Crippen LogP contribution in [-0.4, -0.2) is 38.8 Å². The summed E-state index contributed by atoms with van der Waals surface area (Å²) in [7, 11) is 0. The summed E-state index contributed by atoms with van der Waals surface area (Å²) in [6, 6.07) is 3.27. The van der Waals surface area contributed by atoms with Crippen molar-refractivity contribution in [2.45, 2.75) is 25.6 Å². The summed E-state index contributed by atoms with van der Waals surface area (Å²) in [6.07, 6.45) is -2.71. The molecule has 20 heavy (non-hydrogen) atoms. The molecule has 0 bridgehead atoms. The molecule has 0 aromatic heterocycles. The number of aliphatic hydroxyl groups is 2. The van der Waals surface area contributed by atoms with Crippen LogP contribution >= 0.6 is 0 Å². The third kappa shape index (κ3) is 4.18. The van der Waals surface area contributed by atoms with Gasteiger partial charge in [-0.3, -0.25) is 14.9 Å². The lowest BCUT2D eigenvalue weighted by Crippen LogP contribution is -2.27. The first-order chi connectivity index (χ1) is 9.32. The van der Waals surface area contributed by atoms with Crippen LogP contribution in [0.5, 0.6) is 5.75 Å². The van der Waals surface area contributed by atoms with Crippen LogP contribution in [0.25, 0.3) is 0 Å². The molecule has 8 heteroatoms. The molecule has 2 atom stereocenters. The third-order valence-corrected chi connectivity index (χ3v) is 2.71. The molecule has 1 aromatic rings. The number of aromatic hydroxyl groups is 1. The van der Waals surface area contributed by atoms with Crippen molar-refractivity contribution in [1.29, 1.82) is 0 Å². The molecule has 1 amide bonds. The fourth-order valence-electron chi connectivity index (χ4n) is 1.70. The van der Waals surface area contributed by atoms with Crippen LogP contribution in [0.1, 0.15) is 25.0 Å². The van der Waals surface area contributed by atoms with E-state index in [0.29, 0.717) is 0 Å². The van der Waals surface area contributed by atoms with Crippen molar-refractivity contribution in [3.05, 3.63) is 33.9 Å². The van der Waals surface area contributed by atoms with Crippen molar-refractivity contribution < 1.29 is 25.0 Å². The molecule has 8 nitrogen and oxygen atoms in total. The van der Waals surface area contributed by atoms with Gasteiger partial charge in [0, 0.05) is 13.5 Å². The van der Waals surface area contributed by atoms with E-state index < -0.39 is 22.8 Å². The number of nitro benzene ring substituents is 1. The van der Waals surface area contributed by atoms with Crippen LogP contribution in [0.15, 0.2) is 18.2 Å². The Labute approximate surface area is 114 Å².